The molecule has 1 saturated heterocycles. The van der Waals surface area contributed by atoms with Crippen LogP contribution in [-0.2, 0) is 25.5 Å². The Hall–Kier alpha value is -2.66. The molecule has 1 aliphatic heterocycles. The van der Waals surface area contributed by atoms with E-state index in [1.54, 1.807) is 0 Å². The Morgan fingerprint density at radius 2 is 1.71 bits per heavy atom. The Balaban J connectivity index is 0.000000406. The van der Waals surface area contributed by atoms with E-state index in [1.807, 2.05) is 24.3 Å². The van der Waals surface area contributed by atoms with E-state index in [0.717, 1.165) is 58.5 Å². The van der Waals surface area contributed by atoms with Crippen molar-refractivity contribution in [1.29, 1.82) is 0 Å². The van der Waals surface area contributed by atoms with E-state index < -0.39 is 23.5 Å². The van der Waals surface area contributed by atoms with Crippen LogP contribution in [0.4, 0.5) is 18.9 Å². The fourth-order valence-corrected chi connectivity index (χ4v) is 5.08. The van der Waals surface area contributed by atoms with Gasteiger partial charge in [0.25, 0.3) is 0 Å². The molecule has 1 aromatic rings. The highest BCUT2D eigenvalue weighted by molar-refractivity contribution is 6.09. The second kappa shape index (κ2) is 10.7. The van der Waals surface area contributed by atoms with Gasteiger partial charge in [0.05, 0.1) is 13.2 Å². The molecule has 8 nitrogen and oxygen atoms in total. The highest BCUT2D eigenvalue weighted by Crippen LogP contribution is 2.56. The number of rotatable bonds is 6. The first-order chi connectivity index (χ1) is 16.0. The molecule has 11 heteroatoms. The van der Waals surface area contributed by atoms with Gasteiger partial charge < -0.3 is 20.3 Å². The average Bonchev–Trinajstić information content (AvgIpc) is 3.41. The summed E-state index contributed by atoms with van der Waals surface area (Å²) < 4.78 is 37.1. The largest absolute Gasteiger partial charge is 0.490 e. The molecule has 1 heterocycles. The third-order valence-corrected chi connectivity index (χ3v) is 6.91. The van der Waals surface area contributed by atoms with Crippen molar-refractivity contribution in [2.45, 2.75) is 38.3 Å². The lowest BCUT2D eigenvalue weighted by molar-refractivity contribution is -0.192. The molecule has 1 amide bonds. The number of hydrogen-bond acceptors (Lipinski definition) is 5. The quantitative estimate of drug-likeness (QED) is 0.530. The number of nitrogens with one attached hydrogen (secondary N) is 1. The van der Waals surface area contributed by atoms with Gasteiger partial charge in [-0.2, -0.15) is 13.2 Å². The van der Waals surface area contributed by atoms with E-state index in [2.05, 4.69) is 10.2 Å². The average molecular weight is 486 g/mol. The Bertz CT molecular complexity index is 886. The van der Waals surface area contributed by atoms with Crippen LogP contribution in [0.3, 0.4) is 0 Å². The Kier molecular flexibility index (Phi) is 8.19. The van der Waals surface area contributed by atoms with Crippen molar-refractivity contribution in [2.24, 2.45) is 17.3 Å². The first-order valence-electron chi connectivity index (χ1n) is 11.3. The maximum Gasteiger partial charge on any atom is 0.490 e. The van der Waals surface area contributed by atoms with Gasteiger partial charge in [-0.3, -0.25) is 14.5 Å². The number of alkyl halides is 3. The van der Waals surface area contributed by atoms with Gasteiger partial charge >= 0.3 is 18.1 Å². The topological polar surface area (TPSA) is 116 Å². The number of hydrogen-bond donors (Lipinski definition) is 3. The van der Waals surface area contributed by atoms with Crippen LogP contribution in [0.25, 0.3) is 0 Å². The number of halogens is 3. The molecule has 3 N–H and O–H groups in total. The van der Waals surface area contributed by atoms with Crippen molar-refractivity contribution < 1.29 is 42.5 Å². The molecule has 34 heavy (non-hydrogen) atoms. The summed E-state index contributed by atoms with van der Waals surface area (Å²) in [5.41, 5.74) is 0.656. The molecule has 3 atom stereocenters. The van der Waals surface area contributed by atoms with Gasteiger partial charge in [-0.15, -0.1) is 0 Å². The molecule has 3 fully saturated rings. The number of carbonyl (C=O) groups excluding carboxylic acids is 1. The first-order valence-corrected chi connectivity index (χ1v) is 11.3. The highest BCUT2D eigenvalue weighted by atomic mass is 19.4. The molecule has 0 radical (unpaired) electrons. The van der Waals surface area contributed by atoms with Crippen molar-refractivity contribution in [3.63, 3.8) is 0 Å². The Labute approximate surface area is 195 Å². The zero-order valence-electron chi connectivity index (χ0n) is 18.6. The maximum absolute atomic E-state index is 12.9. The molecule has 0 aromatic heterocycles. The van der Waals surface area contributed by atoms with E-state index in [9.17, 15) is 27.9 Å². The molecule has 3 aliphatic rings. The maximum atomic E-state index is 12.9. The molecular formula is C23H29F3N2O6. The van der Waals surface area contributed by atoms with Crippen LogP contribution in [0.1, 0.15) is 31.2 Å². The molecule has 4 rings (SSSR count). The van der Waals surface area contributed by atoms with Gasteiger partial charge in [-0.25, -0.2) is 4.79 Å². The molecular weight excluding hydrogens is 457 g/mol. The van der Waals surface area contributed by atoms with E-state index in [0.29, 0.717) is 18.0 Å². The number of ether oxygens (including phenoxy) is 1. The Morgan fingerprint density at radius 1 is 1.09 bits per heavy atom. The van der Waals surface area contributed by atoms with Crippen LogP contribution in [-0.4, -0.2) is 72.0 Å². The van der Waals surface area contributed by atoms with E-state index >= 15 is 0 Å². The van der Waals surface area contributed by atoms with Crippen LogP contribution >= 0.6 is 0 Å². The Morgan fingerprint density at radius 3 is 2.18 bits per heavy atom. The number of anilines is 1. The lowest BCUT2D eigenvalue weighted by Crippen LogP contribution is -2.47. The van der Waals surface area contributed by atoms with Gasteiger partial charge in [0.2, 0.25) is 5.91 Å². The number of benzene rings is 1. The van der Waals surface area contributed by atoms with Crippen LogP contribution in [0.2, 0.25) is 0 Å². The summed E-state index contributed by atoms with van der Waals surface area (Å²) in [6, 6.07) is 7.80. The third-order valence-electron chi connectivity index (χ3n) is 6.91. The fraction of sp³-hybridized carbons (Fsp3) is 0.609. The summed E-state index contributed by atoms with van der Waals surface area (Å²) in [5, 5.41) is 19.8. The molecule has 188 valence electrons. The lowest BCUT2D eigenvalue weighted by atomic mass is 9.72. The van der Waals surface area contributed by atoms with Crippen LogP contribution in [0.15, 0.2) is 24.3 Å². The van der Waals surface area contributed by atoms with Crippen molar-refractivity contribution >= 4 is 23.5 Å². The molecule has 2 aliphatic carbocycles. The van der Waals surface area contributed by atoms with Gasteiger partial charge in [0.1, 0.15) is 5.41 Å². The highest BCUT2D eigenvalue weighted by Gasteiger charge is 2.60. The fourth-order valence-electron chi connectivity index (χ4n) is 5.08. The minimum atomic E-state index is -5.08. The predicted octanol–water partition coefficient (Wildman–Crippen LogP) is 3.02. The number of fused-ring (bicyclic) bond motifs is 2. The van der Waals surface area contributed by atoms with E-state index in [-0.39, 0.29) is 11.8 Å². The summed E-state index contributed by atoms with van der Waals surface area (Å²) in [5.74, 6) is -3.70. The van der Waals surface area contributed by atoms with Crippen LogP contribution in [0.5, 0.6) is 0 Å². The van der Waals surface area contributed by atoms with Crippen molar-refractivity contribution in [2.75, 3.05) is 38.2 Å². The second-order valence-electron chi connectivity index (χ2n) is 9.01. The normalized spacial score (nSPS) is 26.4. The monoisotopic (exact) mass is 486 g/mol. The molecule has 2 saturated carbocycles. The molecule has 2 bridgehead atoms. The lowest BCUT2D eigenvalue weighted by Gasteiger charge is -2.32. The SMILES string of the molecule is O=C(O)C(F)(F)F.O=C(O)C1(C(=O)Nc2ccc(CCN3CCOCC3)cc2)CC2CCC1C2. The number of amides is 1. The summed E-state index contributed by atoms with van der Waals surface area (Å²) in [7, 11) is 0. The molecule has 3 unspecified atom stereocenters. The minimum absolute atomic E-state index is 0.0206. The van der Waals surface area contributed by atoms with E-state index in [1.165, 1.54) is 5.56 Å². The summed E-state index contributed by atoms with van der Waals surface area (Å²) in [6.45, 7) is 4.57. The van der Waals surface area contributed by atoms with Gasteiger partial charge in [0, 0.05) is 25.3 Å². The first kappa shape index (κ1) is 26.0. The van der Waals surface area contributed by atoms with Crippen molar-refractivity contribution in [3.05, 3.63) is 29.8 Å². The molecule has 1 aromatic carbocycles. The van der Waals surface area contributed by atoms with Crippen molar-refractivity contribution in [3.8, 4) is 0 Å². The van der Waals surface area contributed by atoms with Gasteiger partial charge in [-0.05, 0) is 55.2 Å². The van der Waals surface area contributed by atoms with Gasteiger partial charge in [0.15, 0.2) is 0 Å². The predicted molar refractivity (Wildman–Crippen MR) is 115 cm³/mol. The van der Waals surface area contributed by atoms with Crippen LogP contribution < -0.4 is 5.32 Å². The number of nitrogens with zero attached hydrogens (tertiary/aromatic N) is 1. The second-order valence-corrected chi connectivity index (χ2v) is 9.01. The third kappa shape index (κ3) is 6.06. The number of carbonyl (C=O) groups is 3. The zero-order valence-corrected chi connectivity index (χ0v) is 18.6. The summed E-state index contributed by atoms with van der Waals surface area (Å²) in [4.78, 5) is 36.1. The van der Waals surface area contributed by atoms with Gasteiger partial charge in [-0.1, -0.05) is 18.6 Å². The smallest absolute Gasteiger partial charge is 0.480 e. The minimum Gasteiger partial charge on any atom is -0.480 e. The molecule has 0 spiro atoms. The number of carboxylic acid groups (broad SMARTS) is 2. The van der Waals surface area contributed by atoms with Crippen molar-refractivity contribution in [1.82, 2.24) is 4.90 Å². The van der Waals surface area contributed by atoms with Crippen LogP contribution in [0, 0.1) is 17.3 Å². The standard InChI is InChI=1S/C21H28N2O4.C2HF3O2/c24-19(21(20(25)26)14-16-1-4-17(21)13-16)22-18-5-2-15(3-6-18)7-8-23-9-11-27-12-10-23;3-2(4,5)1(6)7/h2-3,5-6,16-17H,1,4,7-14H2,(H,22,24)(H,25,26);(H,6,7). The zero-order chi connectivity index (χ0) is 24.9. The summed E-state index contributed by atoms with van der Waals surface area (Å²) in [6.07, 6.45) is -0.858. The summed E-state index contributed by atoms with van der Waals surface area (Å²) >= 11 is 0. The van der Waals surface area contributed by atoms with E-state index in [4.69, 9.17) is 14.6 Å². The number of carboxylic acids is 2. The number of aliphatic carboxylic acids is 2. The number of morpholine rings is 1.